The maximum atomic E-state index is 9.87. The van der Waals surface area contributed by atoms with Crippen LogP contribution in [0.4, 0.5) is 25.2 Å². The summed E-state index contributed by atoms with van der Waals surface area (Å²) in [5, 5.41) is 17.6. The Morgan fingerprint density at radius 1 is 1.16 bits per heavy atom. The molecule has 2 rings (SSSR count). The number of fused-ring (bicyclic) bond motifs is 1. The molecular weight excluding hydrogens is 379 g/mol. The summed E-state index contributed by atoms with van der Waals surface area (Å²) in [7, 11) is -3.24. The minimum absolute atomic E-state index is 0.0781. The molecule has 0 amide bonds. The standard InChI is InChI=1S/C11H15N5O2.F6P/c1-14(2)11(15(3)4)18-16-10-8(12-13-16)6-5-7-9(10)17;1-7(2,3,4,5)6/h5-7H,1-4H3;/q;-1/p+1. The second-order valence-corrected chi connectivity index (χ2v) is 7.14. The van der Waals surface area contributed by atoms with Crippen LogP contribution in [0, 0.1) is 0 Å². The summed E-state index contributed by atoms with van der Waals surface area (Å²) in [5.74, 6) is 0.0781. The first-order valence-electron chi connectivity index (χ1n) is 6.45. The van der Waals surface area contributed by atoms with Crippen molar-refractivity contribution >= 4 is 24.9 Å². The number of para-hydroxylation sites is 1. The van der Waals surface area contributed by atoms with Crippen molar-refractivity contribution in [3.8, 4) is 5.75 Å². The Balaban J connectivity index is 0.000000381. The van der Waals surface area contributed by atoms with Gasteiger partial charge in [-0.1, -0.05) is 10.9 Å². The third-order valence-electron chi connectivity index (χ3n) is 2.35. The summed E-state index contributed by atoms with van der Waals surface area (Å²) in [5.41, 5.74) is 1.02. The first-order chi connectivity index (χ1) is 11.0. The van der Waals surface area contributed by atoms with Crippen LogP contribution < -0.4 is 4.84 Å². The minimum atomic E-state index is -10.7. The van der Waals surface area contributed by atoms with Crippen LogP contribution in [0.1, 0.15) is 0 Å². The Bertz CT molecular complexity index is 787. The predicted molar refractivity (Wildman–Crippen MR) is 80.1 cm³/mol. The van der Waals surface area contributed by atoms with Crippen LogP contribution in [0.2, 0.25) is 0 Å². The van der Waals surface area contributed by atoms with Crippen LogP contribution in [0.5, 0.6) is 5.75 Å². The van der Waals surface area contributed by atoms with Crippen molar-refractivity contribution in [1.82, 2.24) is 20.1 Å². The van der Waals surface area contributed by atoms with Crippen LogP contribution in [0.15, 0.2) is 18.2 Å². The molecule has 0 saturated heterocycles. The van der Waals surface area contributed by atoms with Crippen LogP contribution in [0.3, 0.4) is 0 Å². The molecule has 1 aromatic carbocycles. The number of amidine groups is 1. The van der Waals surface area contributed by atoms with E-state index in [4.69, 9.17) is 4.84 Å². The number of benzene rings is 1. The molecule has 144 valence electrons. The van der Waals surface area contributed by atoms with Gasteiger partial charge in [-0.15, -0.1) is 5.10 Å². The fourth-order valence-electron chi connectivity index (χ4n) is 1.63. The van der Waals surface area contributed by atoms with Crippen molar-refractivity contribution in [3.05, 3.63) is 18.2 Å². The number of nitrogens with zero attached hydrogens (tertiary/aromatic N) is 5. The quantitative estimate of drug-likeness (QED) is 0.264. The van der Waals surface area contributed by atoms with Crippen LogP contribution in [0.25, 0.3) is 11.0 Å². The molecule has 0 radical (unpaired) electrons. The molecule has 0 atom stereocenters. The van der Waals surface area contributed by atoms with Gasteiger partial charge in [0.25, 0.3) is 0 Å². The van der Waals surface area contributed by atoms with E-state index in [1.165, 1.54) is 4.85 Å². The van der Waals surface area contributed by atoms with Crippen LogP contribution in [-0.2, 0) is 0 Å². The fraction of sp³-hybridized carbons (Fsp3) is 0.364. The molecular formula is C11H16F6N5O2P. The van der Waals surface area contributed by atoms with Gasteiger partial charge < -0.3 is 5.11 Å². The monoisotopic (exact) mass is 395 g/mol. The zero-order chi connectivity index (χ0) is 19.7. The van der Waals surface area contributed by atoms with E-state index >= 15 is 0 Å². The van der Waals surface area contributed by atoms with Crippen LogP contribution in [-0.4, -0.2) is 64.0 Å². The Morgan fingerprint density at radius 3 is 2.12 bits per heavy atom. The molecule has 0 spiro atoms. The number of hydrogen-bond acceptors (Lipinski definition) is 4. The van der Waals surface area contributed by atoms with Gasteiger partial charge in [-0.05, 0) is 17.3 Å². The number of phenols is 1. The SMILES string of the molecule is CN(C)C(On1nnc2cccc(O)c21)=[N+](C)C.F[P-](F)(F)(F)(F)F. The van der Waals surface area contributed by atoms with E-state index in [1.807, 2.05) is 28.2 Å². The summed E-state index contributed by atoms with van der Waals surface area (Å²) < 4.78 is 61.0. The van der Waals surface area contributed by atoms with Crippen molar-refractivity contribution < 1.29 is 39.7 Å². The number of phenolic OH excluding ortho intramolecular Hbond substituents is 1. The number of hydrogen-bond donors (Lipinski definition) is 1. The second kappa shape index (κ2) is 5.90. The number of aromatic hydroxyl groups is 1. The second-order valence-electron chi connectivity index (χ2n) is 5.23. The van der Waals surface area contributed by atoms with E-state index in [-0.39, 0.29) is 5.75 Å². The molecule has 0 bridgehead atoms. The zero-order valence-corrected chi connectivity index (χ0v) is 14.4. The van der Waals surface area contributed by atoms with E-state index in [0.717, 1.165) is 0 Å². The molecule has 14 heteroatoms. The van der Waals surface area contributed by atoms with Gasteiger partial charge in [0.15, 0.2) is 5.52 Å². The van der Waals surface area contributed by atoms with Crippen molar-refractivity contribution in [3.63, 3.8) is 0 Å². The Kier molecular flexibility index (Phi) is 4.90. The topological polar surface area (TPSA) is 66.4 Å². The third-order valence-corrected chi connectivity index (χ3v) is 2.35. The van der Waals surface area contributed by atoms with E-state index in [0.29, 0.717) is 17.1 Å². The molecule has 2 aromatic rings. The molecule has 0 unspecified atom stereocenters. The molecule has 1 aromatic heterocycles. The van der Waals surface area contributed by atoms with Gasteiger partial charge in [-0.3, -0.25) is 4.84 Å². The van der Waals surface area contributed by atoms with E-state index in [1.54, 1.807) is 27.7 Å². The summed E-state index contributed by atoms with van der Waals surface area (Å²) in [6, 6.07) is 5.60. The van der Waals surface area contributed by atoms with E-state index in [2.05, 4.69) is 10.3 Å². The first-order valence-corrected chi connectivity index (χ1v) is 8.48. The van der Waals surface area contributed by atoms with Gasteiger partial charge in [0.2, 0.25) is 0 Å². The van der Waals surface area contributed by atoms with Gasteiger partial charge in [0.1, 0.15) is 11.3 Å². The molecule has 25 heavy (non-hydrogen) atoms. The van der Waals surface area contributed by atoms with E-state index in [9.17, 15) is 30.3 Å². The van der Waals surface area contributed by atoms with Gasteiger partial charge in [0.05, 0.1) is 28.2 Å². The van der Waals surface area contributed by atoms with Crippen molar-refractivity contribution in [2.75, 3.05) is 28.2 Å². The average molecular weight is 395 g/mol. The molecule has 0 aliphatic carbocycles. The van der Waals surface area contributed by atoms with Gasteiger partial charge in [-0.25, -0.2) is 9.48 Å². The molecule has 1 heterocycles. The summed E-state index contributed by atoms with van der Waals surface area (Å²) in [6.45, 7) is 0. The molecule has 0 saturated carbocycles. The Hall–Kier alpha value is -2.30. The third kappa shape index (κ3) is 7.88. The number of aromatic nitrogens is 3. The molecule has 0 fully saturated rings. The fourth-order valence-corrected chi connectivity index (χ4v) is 1.63. The van der Waals surface area contributed by atoms with Crippen molar-refractivity contribution in [2.45, 2.75) is 0 Å². The predicted octanol–water partition coefficient (Wildman–Crippen LogP) is 3.14. The summed E-state index contributed by atoms with van der Waals surface area (Å²) in [4.78, 5) is 8.63. The van der Waals surface area contributed by atoms with Crippen molar-refractivity contribution in [2.24, 2.45) is 0 Å². The maximum absolute atomic E-state index is 10.7. The summed E-state index contributed by atoms with van der Waals surface area (Å²) in [6.07, 6.45) is 0. The first kappa shape index (κ1) is 20.7. The van der Waals surface area contributed by atoms with Gasteiger partial charge in [0, 0.05) is 0 Å². The molecule has 1 N–H and O–H groups in total. The van der Waals surface area contributed by atoms with Crippen LogP contribution >= 0.6 is 7.81 Å². The van der Waals surface area contributed by atoms with Crippen molar-refractivity contribution in [1.29, 1.82) is 0 Å². The number of rotatable bonds is 1. The molecule has 0 aliphatic rings. The Morgan fingerprint density at radius 2 is 1.68 bits per heavy atom. The van der Waals surface area contributed by atoms with E-state index < -0.39 is 7.81 Å². The normalized spacial score (nSPS) is 14.0. The average Bonchev–Trinajstić information content (AvgIpc) is 2.75. The molecule has 0 aliphatic heterocycles. The Labute approximate surface area is 137 Å². The number of halogens is 6. The van der Waals surface area contributed by atoms with Gasteiger partial charge >= 0.3 is 39.0 Å². The molecule has 7 nitrogen and oxygen atoms in total. The zero-order valence-electron chi connectivity index (χ0n) is 13.5. The summed E-state index contributed by atoms with van der Waals surface area (Å²) >= 11 is 0. The van der Waals surface area contributed by atoms with Gasteiger partial charge in [-0.2, -0.15) is 0 Å².